The summed E-state index contributed by atoms with van der Waals surface area (Å²) in [4.78, 5) is 13.7. The summed E-state index contributed by atoms with van der Waals surface area (Å²) in [5.74, 6) is 0.264. The first kappa shape index (κ1) is 41.0. The van der Waals surface area contributed by atoms with Crippen LogP contribution >= 0.6 is 11.8 Å². The lowest BCUT2D eigenvalue weighted by Crippen LogP contribution is -2.47. The number of sulfonamides is 1. The zero-order valence-corrected chi connectivity index (χ0v) is 34.2. The van der Waals surface area contributed by atoms with Gasteiger partial charge in [0, 0.05) is 30.8 Å². The minimum atomic E-state index is -3.96. The topological polar surface area (TPSA) is 145 Å². The molecule has 300 valence electrons. The second-order valence-corrected chi connectivity index (χ2v) is 17.3. The Bertz CT molecular complexity index is 2390. The third-order valence-corrected chi connectivity index (χ3v) is 12.9. The molecule has 1 aromatic heterocycles. The van der Waals surface area contributed by atoms with E-state index in [4.69, 9.17) is 9.47 Å². The maximum Gasteiger partial charge on any atom is 0.241 e. The molecule has 5 aromatic carbocycles. The number of rotatable bonds is 15. The van der Waals surface area contributed by atoms with Crippen molar-refractivity contribution < 1.29 is 27.8 Å². The smallest absolute Gasteiger partial charge is 0.241 e. The van der Waals surface area contributed by atoms with Crippen LogP contribution in [0.1, 0.15) is 52.7 Å². The summed E-state index contributed by atoms with van der Waals surface area (Å²) < 4.78 is 44.5. The number of hydrogen-bond acceptors (Lipinski definition) is 9. The number of aryl methyl sites for hydroxylation is 2. The molecule has 1 fully saturated rings. The van der Waals surface area contributed by atoms with Crippen LogP contribution in [0.15, 0.2) is 144 Å². The Morgan fingerprint density at radius 2 is 1.55 bits per heavy atom. The van der Waals surface area contributed by atoms with Crippen molar-refractivity contribution in [3.63, 3.8) is 0 Å². The van der Waals surface area contributed by atoms with Crippen molar-refractivity contribution in [3.8, 4) is 11.1 Å². The predicted molar refractivity (Wildman–Crippen MR) is 224 cm³/mol. The number of aliphatic hydroxyl groups excluding tert-OH is 1. The number of carbonyl (C=O) groups excluding carboxylic acids is 1. The highest BCUT2D eigenvalue weighted by Gasteiger charge is 2.38. The summed E-state index contributed by atoms with van der Waals surface area (Å²) >= 11 is 1.59. The van der Waals surface area contributed by atoms with Crippen molar-refractivity contribution in [2.24, 2.45) is 13.0 Å². The maximum absolute atomic E-state index is 13.6. The number of benzene rings is 5. The third kappa shape index (κ3) is 10.1. The molecule has 1 amide bonds. The molecule has 11 nitrogen and oxygen atoms in total. The van der Waals surface area contributed by atoms with E-state index in [1.807, 2.05) is 122 Å². The van der Waals surface area contributed by atoms with Gasteiger partial charge in [0.1, 0.15) is 12.4 Å². The molecule has 58 heavy (non-hydrogen) atoms. The van der Waals surface area contributed by atoms with Gasteiger partial charge in [0.05, 0.1) is 23.7 Å². The molecule has 5 atom stereocenters. The zero-order chi connectivity index (χ0) is 40.6. The largest absolute Gasteiger partial charge is 0.392 e. The summed E-state index contributed by atoms with van der Waals surface area (Å²) in [6.07, 6.45) is 0.858. The van der Waals surface area contributed by atoms with E-state index in [2.05, 4.69) is 27.2 Å². The van der Waals surface area contributed by atoms with Gasteiger partial charge in [-0.15, -0.1) is 10.2 Å². The van der Waals surface area contributed by atoms with Crippen LogP contribution in [0, 0.1) is 12.8 Å². The fourth-order valence-corrected chi connectivity index (χ4v) is 9.13. The lowest BCUT2D eigenvalue weighted by atomic mass is 9.91. The van der Waals surface area contributed by atoms with Gasteiger partial charge in [-0.1, -0.05) is 133 Å². The normalized spacial score (nSPS) is 18.8. The first-order chi connectivity index (χ1) is 28.1. The summed E-state index contributed by atoms with van der Waals surface area (Å²) in [5, 5.41) is 21.6. The van der Waals surface area contributed by atoms with E-state index >= 15 is 0 Å². The number of ether oxygens (including phenoxy) is 2. The fraction of sp³-hybridized carbons (Fsp3) is 0.267. The highest BCUT2D eigenvalue weighted by molar-refractivity contribution is 7.99. The molecule has 1 aliphatic rings. The molecule has 1 saturated heterocycles. The quantitative estimate of drug-likeness (QED) is 0.0928. The van der Waals surface area contributed by atoms with Gasteiger partial charge >= 0.3 is 0 Å². The molecule has 1 aliphatic heterocycles. The molecule has 7 rings (SSSR count). The molecule has 2 heterocycles. The molecule has 3 N–H and O–H groups in total. The van der Waals surface area contributed by atoms with E-state index in [1.165, 1.54) is 12.1 Å². The SMILES string of the molecule is Cc1ccc(S(=O)(=O)NC(Cc2ccccc2)C(=O)NCc2cccc(-c3ccc(C4OC(CSc5nncn5C)C(C)C(c5ccc(CO)cc5)O4)cc3)c2)cc1. The Morgan fingerprint density at radius 3 is 2.24 bits per heavy atom. The van der Waals surface area contributed by atoms with Crippen LogP contribution in [0.5, 0.6) is 0 Å². The number of aromatic nitrogens is 3. The molecule has 13 heteroatoms. The van der Waals surface area contributed by atoms with Crippen molar-refractivity contribution in [1.29, 1.82) is 0 Å². The van der Waals surface area contributed by atoms with Gasteiger partial charge in [-0.25, -0.2) is 8.42 Å². The predicted octanol–water partition coefficient (Wildman–Crippen LogP) is 7.07. The van der Waals surface area contributed by atoms with E-state index in [-0.39, 0.29) is 42.6 Å². The lowest BCUT2D eigenvalue weighted by Gasteiger charge is -2.41. The summed E-state index contributed by atoms with van der Waals surface area (Å²) in [6, 6.07) is 38.7. The first-order valence-electron chi connectivity index (χ1n) is 19.1. The Labute approximate surface area is 343 Å². The van der Waals surface area contributed by atoms with E-state index in [0.29, 0.717) is 5.75 Å². The standard InChI is InChI=1S/C45H47N5O6S2/c1-30-12-22-39(23-13-30)58(53,54)49-40(25-32-8-5-4-6-9-32)43(52)46-26-34-10-7-11-38(24-34)35-18-20-37(21-19-35)44-55-41(28-57-45-48-47-29-50(45)3)31(2)42(56-44)36-16-14-33(27-51)15-17-36/h4-24,29,31,40-42,44,49,51H,25-28H2,1-3H3,(H,46,52). The van der Waals surface area contributed by atoms with Gasteiger partial charge < -0.3 is 24.5 Å². The molecule has 0 radical (unpaired) electrons. The monoisotopic (exact) mass is 817 g/mol. The van der Waals surface area contributed by atoms with Crippen molar-refractivity contribution in [2.45, 2.75) is 68.0 Å². The molecular weight excluding hydrogens is 771 g/mol. The van der Waals surface area contributed by atoms with Gasteiger partial charge in [0.25, 0.3) is 0 Å². The molecule has 0 saturated carbocycles. The Kier molecular flexibility index (Phi) is 13.2. The summed E-state index contributed by atoms with van der Waals surface area (Å²) in [7, 11) is -2.04. The molecule has 6 aromatic rings. The maximum atomic E-state index is 13.6. The van der Waals surface area contributed by atoms with Crippen LogP contribution < -0.4 is 10.0 Å². The Morgan fingerprint density at radius 1 is 0.845 bits per heavy atom. The van der Waals surface area contributed by atoms with Gasteiger partial charge in [0.2, 0.25) is 15.9 Å². The van der Waals surface area contributed by atoms with Crippen molar-refractivity contribution >= 4 is 27.7 Å². The van der Waals surface area contributed by atoms with Gasteiger partial charge in [-0.3, -0.25) is 4.79 Å². The third-order valence-electron chi connectivity index (χ3n) is 10.3. The van der Waals surface area contributed by atoms with Gasteiger partial charge in [-0.2, -0.15) is 4.72 Å². The lowest BCUT2D eigenvalue weighted by molar-refractivity contribution is -0.268. The molecular formula is C45H47N5O6S2. The number of amides is 1. The molecule has 0 spiro atoms. The first-order valence-corrected chi connectivity index (χ1v) is 21.6. The van der Waals surface area contributed by atoms with Gasteiger partial charge in [-0.05, 0) is 64.9 Å². The number of nitrogens with zero attached hydrogens (tertiary/aromatic N) is 3. The second-order valence-electron chi connectivity index (χ2n) is 14.6. The average Bonchev–Trinajstić information content (AvgIpc) is 3.66. The van der Waals surface area contributed by atoms with Gasteiger partial charge in [0.15, 0.2) is 11.4 Å². The highest BCUT2D eigenvalue weighted by atomic mass is 32.2. The number of carbonyl (C=O) groups is 1. The molecule has 5 unspecified atom stereocenters. The van der Waals surface area contributed by atoms with Crippen LogP contribution in [-0.2, 0) is 50.9 Å². The van der Waals surface area contributed by atoms with Crippen molar-refractivity contribution in [1.82, 2.24) is 24.8 Å². The van der Waals surface area contributed by atoms with Crippen LogP contribution in [-0.4, -0.2) is 52.1 Å². The van der Waals surface area contributed by atoms with Crippen LogP contribution in [0.2, 0.25) is 0 Å². The number of aliphatic hydroxyl groups is 1. The van der Waals surface area contributed by atoms with Crippen molar-refractivity contribution in [2.75, 3.05) is 5.75 Å². The van der Waals surface area contributed by atoms with Crippen LogP contribution in [0.4, 0.5) is 0 Å². The number of hydrogen-bond donors (Lipinski definition) is 3. The van der Waals surface area contributed by atoms with E-state index < -0.39 is 28.3 Å². The molecule has 0 aliphatic carbocycles. The Hall–Kier alpha value is -5.15. The number of nitrogens with one attached hydrogen (secondary N) is 2. The van der Waals surface area contributed by atoms with Crippen molar-refractivity contribution in [3.05, 3.63) is 167 Å². The molecule has 0 bridgehead atoms. The van der Waals surface area contributed by atoms with E-state index in [1.54, 1.807) is 30.2 Å². The van der Waals surface area contributed by atoms with E-state index in [9.17, 15) is 18.3 Å². The Balaban J connectivity index is 1.05. The van der Waals surface area contributed by atoms with E-state index in [0.717, 1.165) is 49.7 Å². The second kappa shape index (κ2) is 18.6. The number of thioether (sulfide) groups is 1. The zero-order valence-electron chi connectivity index (χ0n) is 32.6. The minimum absolute atomic E-state index is 0.0257. The summed E-state index contributed by atoms with van der Waals surface area (Å²) in [6.45, 7) is 4.20. The summed E-state index contributed by atoms with van der Waals surface area (Å²) in [5.41, 5.74) is 7.29. The highest BCUT2D eigenvalue weighted by Crippen LogP contribution is 2.43. The fourth-order valence-electron chi connectivity index (χ4n) is 6.89. The minimum Gasteiger partial charge on any atom is -0.392 e. The average molecular weight is 818 g/mol. The van der Waals surface area contributed by atoms with Crippen LogP contribution in [0.25, 0.3) is 11.1 Å². The van der Waals surface area contributed by atoms with Crippen LogP contribution in [0.3, 0.4) is 0 Å².